The number of benzene rings is 2. The van der Waals surface area contributed by atoms with Crippen LogP contribution in [0.15, 0.2) is 45.0 Å². The molecular weight excluding hydrogens is 590 g/mol. The highest BCUT2D eigenvalue weighted by Crippen LogP contribution is 2.53. The Balaban J connectivity index is 1.71. The predicted molar refractivity (Wildman–Crippen MR) is 134 cm³/mol. The number of nitriles is 1. The fourth-order valence-electron chi connectivity index (χ4n) is 4.24. The van der Waals surface area contributed by atoms with Crippen molar-refractivity contribution in [3.63, 3.8) is 0 Å². The van der Waals surface area contributed by atoms with Crippen LogP contribution >= 0.6 is 50.7 Å². The number of hydrogen-bond acceptors (Lipinski definition) is 4. The van der Waals surface area contributed by atoms with Gasteiger partial charge in [-0.3, -0.25) is 0 Å². The number of hydrogen-bond donors (Lipinski definition) is 0. The average molecular weight is 607 g/mol. The molecule has 0 spiro atoms. The van der Waals surface area contributed by atoms with Gasteiger partial charge in [0.05, 0.1) is 20.8 Å². The Bertz CT molecular complexity index is 1290. The van der Waals surface area contributed by atoms with Crippen molar-refractivity contribution in [1.82, 2.24) is 0 Å². The van der Waals surface area contributed by atoms with E-state index in [4.69, 9.17) is 39.6 Å². The van der Waals surface area contributed by atoms with Crippen molar-refractivity contribution in [2.24, 2.45) is 15.6 Å². The maximum absolute atomic E-state index is 14.3. The Morgan fingerprint density at radius 1 is 1.11 bits per heavy atom. The zero-order valence-corrected chi connectivity index (χ0v) is 22.4. The van der Waals surface area contributed by atoms with Crippen molar-refractivity contribution in [2.45, 2.75) is 44.4 Å². The van der Waals surface area contributed by atoms with Crippen LogP contribution in [0.2, 0.25) is 15.1 Å². The summed E-state index contributed by atoms with van der Waals surface area (Å²) < 4.78 is 43.5. The molecule has 2 unspecified atom stereocenters. The number of nitrogens with zero attached hydrogens (tertiary/aromatic N) is 3. The molecule has 0 fully saturated rings. The zero-order valence-electron chi connectivity index (χ0n) is 18.6. The Kier molecular flexibility index (Phi) is 6.41. The summed E-state index contributed by atoms with van der Waals surface area (Å²) in [4.78, 5) is 9.40. The van der Waals surface area contributed by atoms with Crippen LogP contribution in [-0.2, 0) is 15.9 Å². The largest absolute Gasteiger partial charge is 0.453 e. The molecule has 0 radical (unpaired) electrons. The van der Waals surface area contributed by atoms with E-state index in [1.807, 2.05) is 20.8 Å². The number of rotatable bonds is 3. The van der Waals surface area contributed by atoms with Gasteiger partial charge in [0.15, 0.2) is 0 Å². The fraction of sp³-hybridized carbons (Fsp3) is 0.333. The molecule has 2 aliphatic heterocycles. The molecule has 2 aromatic carbocycles. The number of oxime groups is 1. The topological polar surface area (TPSA) is 57.7 Å². The molecule has 184 valence electrons. The summed E-state index contributed by atoms with van der Waals surface area (Å²) in [7, 11) is 0. The van der Waals surface area contributed by atoms with Crippen LogP contribution in [0.3, 0.4) is 0 Å². The van der Waals surface area contributed by atoms with E-state index in [0.717, 1.165) is 12.1 Å². The van der Waals surface area contributed by atoms with Gasteiger partial charge in [-0.1, -0.05) is 94.2 Å². The van der Waals surface area contributed by atoms with Crippen molar-refractivity contribution in [1.29, 1.82) is 5.26 Å². The van der Waals surface area contributed by atoms with Crippen LogP contribution in [0.4, 0.5) is 13.2 Å². The second kappa shape index (κ2) is 8.58. The molecule has 0 amide bonds. The van der Waals surface area contributed by atoms with Gasteiger partial charge < -0.3 is 9.83 Å². The zero-order chi connectivity index (χ0) is 26.0. The monoisotopic (exact) mass is 604 g/mol. The van der Waals surface area contributed by atoms with Crippen molar-refractivity contribution < 1.29 is 18.0 Å². The summed E-state index contributed by atoms with van der Waals surface area (Å²) in [6.45, 7) is 5.89. The third-order valence-electron chi connectivity index (χ3n) is 6.01. The lowest BCUT2D eigenvalue weighted by Gasteiger charge is -2.55. The molecular formula is C24H17BrCl3F3N3O-. The summed E-state index contributed by atoms with van der Waals surface area (Å²) in [5.41, 5.74) is -3.36. The number of aliphatic imine (C=N–C) groups is 1. The number of alkyl halides is 3. The van der Waals surface area contributed by atoms with E-state index in [0.29, 0.717) is 21.6 Å². The lowest BCUT2D eigenvalue weighted by atomic mass is 9.63. The van der Waals surface area contributed by atoms with Gasteiger partial charge in [-0.25, -0.2) is 0 Å². The van der Waals surface area contributed by atoms with Gasteiger partial charge in [0, 0.05) is 33.5 Å². The van der Waals surface area contributed by atoms with Gasteiger partial charge in [-0.2, -0.15) is 18.4 Å². The SMILES string of the molecule is CC(C)(C)[C-]1N=CC1(C#N)c1ccc(C2=NOC(c3cc(Cl)c(Cl)c(Cl)c3)(C(F)(F)F)C2)cc1Br. The Morgan fingerprint density at radius 2 is 1.74 bits per heavy atom. The molecule has 2 atom stereocenters. The summed E-state index contributed by atoms with van der Waals surface area (Å²) in [6, 6.07) is 10.1. The first-order chi connectivity index (χ1) is 16.2. The van der Waals surface area contributed by atoms with Gasteiger partial charge in [-0.15, -0.1) is 12.3 Å². The molecule has 2 aromatic rings. The average Bonchev–Trinajstić information content (AvgIpc) is 3.18. The van der Waals surface area contributed by atoms with Crippen molar-refractivity contribution in [3.8, 4) is 6.07 Å². The van der Waals surface area contributed by atoms with Crippen molar-refractivity contribution >= 4 is 62.7 Å². The lowest BCUT2D eigenvalue weighted by molar-refractivity contribution is -0.275. The van der Waals surface area contributed by atoms with Crippen LogP contribution in [0, 0.1) is 22.8 Å². The predicted octanol–water partition coefficient (Wildman–Crippen LogP) is 8.42. The minimum atomic E-state index is -4.83. The van der Waals surface area contributed by atoms with Crippen LogP contribution < -0.4 is 0 Å². The van der Waals surface area contributed by atoms with Crippen molar-refractivity contribution in [2.75, 3.05) is 0 Å². The summed E-state index contributed by atoms with van der Waals surface area (Å²) in [5, 5.41) is 13.5. The molecule has 0 N–H and O–H groups in total. The van der Waals surface area contributed by atoms with E-state index in [9.17, 15) is 18.4 Å². The highest BCUT2D eigenvalue weighted by atomic mass is 79.9. The number of halogens is 7. The van der Waals surface area contributed by atoms with Crippen LogP contribution in [0.5, 0.6) is 0 Å². The van der Waals surface area contributed by atoms with Gasteiger partial charge in [0.2, 0.25) is 0 Å². The van der Waals surface area contributed by atoms with Gasteiger partial charge in [0.1, 0.15) is 0 Å². The summed E-state index contributed by atoms with van der Waals surface area (Å²) in [5.74, 6) is 0. The molecule has 2 aliphatic rings. The van der Waals surface area contributed by atoms with E-state index in [1.54, 1.807) is 24.4 Å². The smallest absolute Gasteiger partial charge is 0.435 e. The molecule has 0 aliphatic carbocycles. The van der Waals surface area contributed by atoms with Gasteiger partial charge in [0.25, 0.3) is 5.60 Å². The van der Waals surface area contributed by atoms with E-state index >= 15 is 0 Å². The van der Waals surface area contributed by atoms with E-state index < -0.39 is 23.6 Å². The second-order valence-corrected chi connectivity index (χ2v) is 11.4. The van der Waals surface area contributed by atoms with Crippen molar-refractivity contribution in [3.05, 3.63) is 72.6 Å². The Morgan fingerprint density at radius 3 is 2.20 bits per heavy atom. The molecule has 2 heterocycles. The van der Waals surface area contributed by atoms with Gasteiger partial charge >= 0.3 is 6.18 Å². The molecule has 0 bridgehead atoms. The molecule has 35 heavy (non-hydrogen) atoms. The lowest BCUT2D eigenvalue weighted by Crippen LogP contribution is -2.46. The van der Waals surface area contributed by atoms with Gasteiger partial charge in [-0.05, 0) is 23.8 Å². The molecule has 0 saturated heterocycles. The summed E-state index contributed by atoms with van der Waals surface area (Å²) >= 11 is 21.4. The third-order valence-corrected chi connectivity index (χ3v) is 7.86. The Hall–Kier alpha value is -1.92. The molecule has 4 nitrogen and oxygen atoms in total. The third kappa shape index (κ3) is 4.11. The molecule has 4 rings (SSSR count). The molecule has 11 heteroatoms. The first kappa shape index (κ1) is 26.2. The standard InChI is InChI=1S/C24H17BrCl3F3N3O/c1-21(2,3)20-22(10-32,11-33-20)14-5-4-12(6-15(14)25)18-9-23(35-34-18,24(29,30)31)13-7-16(26)19(28)17(27)8-13/h4-8,11H,9H2,1-3H3/q-1. The second-order valence-electron chi connectivity index (χ2n) is 9.36. The van der Waals surface area contributed by atoms with Crippen LogP contribution in [0.1, 0.15) is 43.9 Å². The fourth-order valence-corrected chi connectivity index (χ4v) is 5.53. The molecule has 0 saturated carbocycles. The minimum Gasteiger partial charge on any atom is -0.453 e. The van der Waals surface area contributed by atoms with E-state index in [2.05, 4.69) is 32.1 Å². The van der Waals surface area contributed by atoms with E-state index in [1.165, 1.54) is 0 Å². The maximum Gasteiger partial charge on any atom is 0.435 e. The van der Waals surface area contributed by atoms with Crippen LogP contribution in [-0.4, -0.2) is 18.1 Å². The summed E-state index contributed by atoms with van der Waals surface area (Å²) in [6.07, 6.45) is -3.87. The Labute approximate surface area is 223 Å². The highest BCUT2D eigenvalue weighted by Gasteiger charge is 2.62. The van der Waals surface area contributed by atoms with Crippen LogP contribution in [0.25, 0.3) is 0 Å². The maximum atomic E-state index is 14.3. The highest BCUT2D eigenvalue weighted by molar-refractivity contribution is 9.10. The minimum absolute atomic E-state index is 0.0505. The molecule has 0 aromatic heterocycles. The van der Waals surface area contributed by atoms with E-state index in [-0.39, 0.29) is 31.8 Å². The first-order valence-corrected chi connectivity index (χ1v) is 12.2. The first-order valence-electron chi connectivity index (χ1n) is 10.3. The normalized spacial score (nSPS) is 24.0. The quantitative estimate of drug-likeness (QED) is 0.260.